The van der Waals surface area contributed by atoms with Gasteiger partial charge in [0.25, 0.3) is 5.91 Å². The first kappa shape index (κ1) is 17.5. The lowest BCUT2D eigenvalue weighted by Gasteiger charge is -2.26. The molecule has 5 rings (SSSR count). The minimum Gasteiger partial charge on any atom is -0.508 e. The fourth-order valence-electron chi connectivity index (χ4n) is 4.00. The maximum Gasteiger partial charge on any atom is 0.254 e. The van der Waals surface area contributed by atoms with E-state index in [1.807, 2.05) is 29.2 Å². The lowest BCUT2D eigenvalue weighted by molar-refractivity contribution is 0.0729. The highest BCUT2D eigenvalue weighted by molar-refractivity contribution is 5.97. The first-order valence-electron chi connectivity index (χ1n) is 9.66. The lowest BCUT2D eigenvalue weighted by atomic mass is 9.96. The normalized spacial score (nSPS) is 13.5. The highest BCUT2D eigenvalue weighted by Gasteiger charge is 2.28. The third-order valence-electron chi connectivity index (χ3n) is 5.60. The Balaban J connectivity index is 1.52. The largest absolute Gasteiger partial charge is 0.508 e. The Labute approximate surface area is 168 Å². The molecule has 5 heteroatoms. The molecular formula is C24H20N2O3. The van der Waals surface area contributed by atoms with E-state index in [0.717, 1.165) is 33.4 Å². The maximum atomic E-state index is 13.0. The maximum absolute atomic E-state index is 13.0. The second kappa shape index (κ2) is 6.78. The Morgan fingerprint density at radius 2 is 1.93 bits per heavy atom. The van der Waals surface area contributed by atoms with Crippen molar-refractivity contribution in [2.45, 2.75) is 19.9 Å². The fourth-order valence-corrected chi connectivity index (χ4v) is 4.00. The fraction of sp³-hybridized carbons (Fsp3) is 0.167. The number of hydrogen-bond acceptors (Lipinski definition) is 4. The van der Waals surface area contributed by atoms with E-state index in [4.69, 9.17) is 4.52 Å². The lowest BCUT2D eigenvalue weighted by Crippen LogP contribution is -2.35. The summed E-state index contributed by atoms with van der Waals surface area (Å²) in [6.07, 6.45) is 0.635. The summed E-state index contributed by atoms with van der Waals surface area (Å²) in [5, 5.41) is 16.4. The molecule has 1 N–H and O–H groups in total. The number of fused-ring (bicyclic) bond motifs is 2. The van der Waals surface area contributed by atoms with Crippen LogP contribution in [0.4, 0.5) is 0 Å². The van der Waals surface area contributed by atoms with Gasteiger partial charge in [0.1, 0.15) is 17.2 Å². The average molecular weight is 384 g/mol. The summed E-state index contributed by atoms with van der Waals surface area (Å²) in [6.45, 7) is 2.82. The third-order valence-corrected chi connectivity index (χ3v) is 5.60. The number of aromatic nitrogens is 1. The molecule has 1 amide bonds. The van der Waals surface area contributed by atoms with E-state index in [9.17, 15) is 9.90 Å². The molecule has 1 aliphatic heterocycles. The molecule has 0 spiro atoms. The van der Waals surface area contributed by atoms with Crippen LogP contribution in [0.5, 0.6) is 5.75 Å². The van der Waals surface area contributed by atoms with Gasteiger partial charge in [-0.05, 0) is 41.5 Å². The topological polar surface area (TPSA) is 66.6 Å². The molecule has 0 saturated carbocycles. The zero-order chi connectivity index (χ0) is 20.0. The van der Waals surface area contributed by atoms with Crippen LogP contribution in [-0.2, 0) is 13.0 Å². The summed E-state index contributed by atoms with van der Waals surface area (Å²) in [7, 11) is 0. The van der Waals surface area contributed by atoms with E-state index in [-0.39, 0.29) is 11.7 Å². The number of nitrogens with zero attached hydrogens (tertiary/aromatic N) is 2. The van der Waals surface area contributed by atoms with Crippen molar-refractivity contribution in [1.82, 2.24) is 10.1 Å². The summed E-state index contributed by atoms with van der Waals surface area (Å²) < 4.78 is 5.64. The number of carbonyl (C=O) groups excluding carboxylic acids is 1. The number of benzene rings is 3. The van der Waals surface area contributed by atoms with Gasteiger partial charge < -0.3 is 14.5 Å². The first-order chi connectivity index (χ1) is 14.1. The number of phenols is 1. The van der Waals surface area contributed by atoms with E-state index < -0.39 is 0 Å². The molecule has 5 nitrogen and oxygen atoms in total. The molecule has 1 aromatic heterocycles. The van der Waals surface area contributed by atoms with Gasteiger partial charge in [-0.15, -0.1) is 0 Å². The van der Waals surface area contributed by atoms with Crippen molar-refractivity contribution in [3.63, 3.8) is 0 Å². The molecule has 0 bridgehead atoms. The molecule has 0 saturated heterocycles. The minimum absolute atomic E-state index is 0.0520. The SMILES string of the molecule is Cc1cc(C(=O)N2CCc3onc(-c4cccc5ccccc45)c3C2)ccc1O. The predicted octanol–water partition coefficient (Wildman–Crippen LogP) is 4.71. The van der Waals surface area contributed by atoms with Crippen molar-refractivity contribution < 1.29 is 14.4 Å². The number of aromatic hydroxyl groups is 1. The van der Waals surface area contributed by atoms with Crippen molar-refractivity contribution >= 4 is 16.7 Å². The number of phenolic OH excluding ortho intramolecular Hbond substituents is 1. The molecule has 0 unspecified atom stereocenters. The van der Waals surface area contributed by atoms with Crippen molar-refractivity contribution in [2.75, 3.05) is 6.54 Å². The molecule has 3 aromatic carbocycles. The van der Waals surface area contributed by atoms with Crippen LogP contribution in [0.3, 0.4) is 0 Å². The van der Waals surface area contributed by atoms with Gasteiger partial charge in [0.15, 0.2) is 0 Å². The van der Waals surface area contributed by atoms with Gasteiger partial charge in [-0.25, -0.2) is 0 Å². The van der Waals surface area contributed by atoms with Crippen LogP contribution in [0.2, 0.25) is 0 Å². The van der Waals surface area contributed by atoms with Crippen LogP contribution in [0.1, 0.15) is 27.2 Å². The van der Waals surface area contributed by atoms with Crippen molar-refractivity contribution in [3.05, 3.63) is 83.1 Å². The highest BCUT2D eigenvalue weighted by atomic mass is 16.5. The van der Waals surface area contributed by atoms with Crippen LogP contribution in [0, 0.1) is 6.92 Å². The van der Waals surface area contributed by atoms with Crippen LogP contribution in [0.25, 0.3) is 22.0 Å². The monoisotopic (exact) mass is 384 g/mol. The summed E-state index contributed by atoms with van der Waals surface area (Å²) in [5.41, 5.74) is 4.05. The summed E-state index contributed by atoms with van der Waals surface area (Å²) in [6, 6.07) is 19.3. The van der Waals surface area contributed by atoms with Gasteiger partial charge in [-0.1, -0.05) is 47.6 Å². The average Bonchev–Trinajstić information content (AvgIpc) is 3.18. The van der Waals surface area contributed by atoms with Gasteiger partial charge in [0.05, 0.1) is 6.54 Å². The van der Waals surface area contributed by atoms with Crippen molar-refractivity contribution in [3.8, 4) is 17.0 Å². The molecule has 2 heterocycles. The zero-order valence-corrected chi connectivity index (χ0v) is 16.1. The number of aryl methyl sites for hydroxylation is 1. The molecule has 0 radical (unpaired) electrons. The van der Waals surface area contributed by atoms with E-state index in [1.165, 1.54) is 0 Å². The zero-order valence-electron chi connectivity index (χ0n) is 16.1. The second-order valence-corrected chi connectivity index (χ2v) is 7.44. The van der Waals surface area contributed by atoms with Crippen LogP contribution >= 0.6 is 0 Å². The second-order valence-electron chi connectivity index (χ2n) is 7.44. The first-order valence-corrected chi connectivity index (χ1v) is 9.66. The summed E-state index contributed by atoms with van der Waals surface area (Å²) >= 11 is 0. The third kappa shape index (κ3) is 2.95. The van der Waals surface area contributed by atoms with Crippen molar-refractivity contribution in [1.29, 1.82) is 0 Å². The molecule has 4 aromatic rings. The molecule has 0 aliphatic carbocycles. The smallest absolute Gasteiger partial charge is 0.254 e. The highest BCUT2D eigenvalue weighted by Crippen LogP contribution is 2.34. The van der Waals surface area contributed by atoms with E-state index in [0.29, 0.717) is 30.6 Å². The quantitative estimate of drug-likeness (QED) is 0.544. The Bertz CT molecular complexity index is 1240. The van der Waals surface area contributed by atoms with Crippen molar-refractivity contribution in [2.24, 2.45) is 0 Å². The van der Waals surface area contributed by atoms with E-state index >= 15 is 0 Å². The van der Waals surface area contributed by atoms with Crippen LogP contribution < -0.4 is 0 Å². The Kier molecular flexibility index (Phi) is 4.09. The van der Waals surface area contributed by atoms with Crippen LogP contribution in [0.15, 0.2) is 65.2 Å². The standard InChI is InChI=1S/C24H20N2O3/c1-15-13-17(9-10-21(15)27)24(28)26-12-11-22-20(14-26)23(25-29-22)19-8-4-6-16-5-2-3-7-18(16)19/h2-10,13,27H,11-12,14H2,1H3. The molecule has 29 heavy (non-hydrogen) atoms. The van der Waals surface area contributed by atoms with E-state index in [2.05, 4.69) is 23.4 Å². The van der Waals surface area contributed by atoms with Gasteiger partial charge in [0.2, 0.25) is 0 Å². The predicted molar refractivity (Wildman–Crippen MR) is 111 cm³/mol. The number of hydrogen-bond donors (Lipinski definition) is 1. The van der Waals surface area contributed by atoms with E-state index in [1.54, 1.807) is 25.1 Å². The molecule has 0 fully saturated rings. The molecule has 0 atom stereocenters. The molecular weight excluding hydrogens is 364 g/mol. The van der Waals surface area contributed by atoms with Gasteiger partial charge in [-0.2, -0.15) is 0 Å². The number of rotatable bonds is 2. The Hall–Kier alpha value is -3.60. The van der Waals surface area contributed by atoms with Gasteiger partial charge >= 0.3 is 0 Å². The summed E-state index contributed by atoms with van der Waals surface area (Å²) in [5.74, 6) is 0.988. The molecule has 1 aliphatic rings. The number of amides is 1. The Morgan fingerprint density at radius 3 is 2.79 bits per heavy atom. The van der Waals surface area contributed by atoms with Crippen LogP contribution in [-0.4, -0.2) is 27.6 Å². The Morgan fingerprint density at radius 1 is 1.10 bits per heavy atom. The summed E-state index contributed by atoms with van der Waals surface area (Å²) in [4.78, 5) is 14.9. The van der Waals surface area contributed by atoms with Gasteiger partial charge in [0, 0.05) is 29.7 Å². The number of carbonyl (C=O) groups is 1. The molecule has 144 valence electrons. The van der Waals surface area contributed by atoms with Gasteiger partial charge in [-0.3, -0.25) is 4.79 Å². The minimum atomic E-state index is -0.0520.